The predicted octanol–water partition coefficient (Wildman–Crippen LogP) is 2.38. The smallest absolute Gasteiger partial charge is 0.243 e. The molecular weight excluding hydrogens is 348 g/mol. The van der Waals surface area contributed by atoms with Crippen LogP contribution in [0.1, 0.15) is 18.4 Å². The van der Waals surface area contributed by atoms with Gasteiger partial charge in [0.05, 0.1) is 18.1 Å². The van der Waals surface area contributed by atoms with Crippen LogP contribution in [0.25, 0.3) is 0 Å². The Labute approximate surface area is 149 Å². The molecule has 0 atom stereocenters. The molecule has 1 aromatic rings. The summed E-state index contributed by atoms with van der Waals surface area (Å²) in [7, 11) is -3.44. The van der Waals surface area contributed by atoms with E-state index in [1.807, 2.05) is 6.92 Å². The average Bonchev–Trinajstić information content (AvgIpc) is 2.58. The molecule has 2 heterocycles. The van der Waals surface area contributed by atoms with E-state index in [-0.39, 0.29) is 0 Å². The van der Waals surface area contributed by atoms with E-state index < -0.39 is 10.0 Å². The zero-order chi connectivity index (χ0) is 17.2. The van der Waals surface area contributed by atoms with Crippen LogP contribution in [0.5, 0.6) is 0 Å². The lowest BCUT2D eigenvalue weighted by molar-refractivity contribution is 0.0269. The van der Waals surface area contributed by atoms with Gasteiger partial charge in [-0.25, -0.2) is 8.42 Å². The quantitative estimate of drug-likeness (QED) is 0.814. The number of piperidine rings is 1. The number of aryl methyl sites for hydroxylation is 1. The monoisotopic (exact) mass is 372 g/mol. The summed E-state index contributed by atoms with van der Waals surface area (Å²) in [5.41, 5.74) is 0.889. The Hall–Kier alpha value is -0.660. The molecule has 0 N–H and O–H groups in total. The van der Waals surface area contributed by atoms with Gasteiger partial charge in [0.15, 0.2) is 0 Å². The fourth-order valence-electron chi connectivity index (χ4n) is 3.36. The van der Waals surface area contributed by atoms with E-state index in [0.29, 0.717) is 28.9 Å². The van der Waals surface area contributed by atoms with Gasteiger partial charge in [0.1, 0.15) is 0 Å². The van der Waals surface area contributed by atoms with Crippen LogP contribution in [0, 0.1) is 12.8 Å². The SMILES string of the molecule is Cc1ccc(S(=O)(=O)N2CCC(CN3CCOCC3)CC2)cc1Cl. The van der Waals surface area contributed by atoms with Crippen LogP contribution < -0.4 is 0 Å². The third kappa shape index (κ3) is 4.11. The van der Waals surface area contributed by atoms with E-state index in [1.54, 1.807) is 22.5 Å². The third-order valence-electron chi connectivity index (χ3n) is 4.97. The fraction of sp³-hybridized carbons (Fsp3) is 0.647. The van der Waals surface area contributed by atoms with Crippen LogP contribution in [0.4, 0.5) is 0 Å². The highest BCUT2D eigenvalue weighted by atomic mass is 35.5. The molecule has 2 saturated heterocycles. The van der Waals surface area contributed by atoms with Gasteiger partial charge in [-0.15, -0.1) is 0 Å². The maximum atomic E-state index is 12.8. The van der Waals surface area contributed by atoms with E-state index >= 15 is 0 Å². The minimum atomic E-state index is -3.44. The Morgan fingerprint density at radius 1 is 1.17 bits per heavy atom. The Bertz CT molecular complexity index is 666. The summed E-state index contributed by atoms with van der Waals surface area (Å²) < 4.78 is 32.6. The summed E-state index contributed by atoms with van der Waals surface area (Å²) >= 11 is 6.09. The molecule has 3 rings (SSSR count). The van der Waals surface area contributed by atoms with Gasteiger partial charge in [0.2, 0.25) is 10.0 Å². The molecular formula is C17H25ClN2O3S. The molecule has 2 aliphatic heterocycles. The number of halogens is 1. The summed E-state index contributed by atoms with van der Waals surface area (Å²) in [6.45, 7) is 7.68. The molecule has 24 heavy (non-hydrogen) atoms. The number of sulfonamides is 1. The minimum Gasteiger partial charge on any atom is -0.379 e. The second kappa shape index (κ2) is 7.70. The zero-order valence-corrected chi connectivity index (χ0v) is 15.7. The number of ether oxygens (including phenoxy) is 1. The van der Waals surface area contributed by atoms with Gasteiger partial charge in [-0.2, -0.15) is 4.31 Å². The van der Waals surface area contributed by atoms with Crippen molar-refractivity contribution in [2.45, 2.75) is 24.7 Å². The van der Waals surface area contributed by atoms with Gasteiger partial charge in [-0.1, -0.05) is 17.7 Å². The Morgan fingerprint density at radius 3 is 2.46 bits per heavy atom. The van der Waals surface area contributed by atoms with Gasteiger partial charge < -0.3 is 4.74 Å². The first kappa shape index (κ1) is 18.1. The summed E-state index contributed by atoms with van der Waals surface area (Å²) in [5.74, 6) is 0.566. The molecule has 0 aromatic heterocycles. The number of benzene rings is 1. The summed E-state index contributed by atoms with van der Waals surface area (Å²) in [6.07, 6.45) is 1.83. The van der Waals surface area contributed by atoms with Crippen LogP contribution in [0.15, 0.2) is 23.1 Å². The molecule has 5 nitrogen and oxygen atoms in total. The van der Waals surface area contributed by atoms with E-state index in [4.69, 9.17) is 16.3 Å². The molecule has 1 aromatic carbocycles. The molecule has 0 radical (unpaired) electrons. The van der Waals surface area contributed by atoms with Gasteiger partial charge in [0, 0.05) is 37.7 Å². The van der Waals surface area contributed by atoms with Crippen molar-refractivity contribution in [3.8, 4) is 0 Å². The number of morpholine rings is 1. The molecule has 0 spiro atoms. The lowest BCUT2D eigenvalue weighted by Crippen LogP contribution is -2.44. The van der Waals surface area contributed by atoms with E-state index in [1.165, 1.54) is 0 Å². The number of hydrogen-bond donors (Lipinski definition) is 0. The summed E-state index contributed by atoms with van der Waals surface area (Å²) in [4.78, 5) is 2.72. The molecule has 0 saturated carbocycles. The normalized spacial score (nSPS) is 21.9. The van der Waals surface area contributed by atoms with Crippen molar-refractivity contribution >= 4 is 21.6 Å². The average molecular weight is 373 g/mol. The standard InChI is InChI=1S/C17H25ClN2O3S/c1-14-2-3-16(12-17(14)18)24(21,22)20-6-4-15(5-7-20)13-19-8-10-23-11-9-19/h2-3,12,15H,4-11,13H2,1H3. The van der Waals surface area contributed by atoms with Crippen molar-refractivity contribution in [3.63, 3.8) is 0 Å². The van der Waals surface area contributed by atoms with Crippen LogP contribution in [-0.4, -0.2) is 63.6 Å². The Kier molecular flexibility index (Phi) is 5.82. The lowest BCUT2D eigenvalue weighted by atomic mass is 9.97. The number of nitrogens with zero attached hydrogens (tertiary/aromatic N) is 2. The van der Waals surface area contributed by atoms with Gasteiger partial charge in [0.25, 0.3) is 0 Å². The maximum Gasteiger partial charge on any atom is 0.243 e. The fourth-order valence-corrected chi connectivity index (χ4v) is 5.11. The highest BCUT2D eigenvalue weighted by Gasteiger charge is 2.30. The maximum absolute atomic E-state index is 12.8. The topological polar surface area (TPSA) is 49.9 Å². The van der Waals surface area contributed by atoms with Gasteiger partial charge in [-0.3, -0.25) is 4.90 Å². The van der Waals surface area contributed by atoms with Crippen molar-refractivity contribution < 1.29 is 13.2 Å². The van der Waals surface area contributed by atoms with Crippen LogP contribution in [0.2, 0.25) is 5.02 Å². The van der Waals surface area contributed by atoms with Crippen molar-refractivity contribution in [2.24, 2.45) is 5.92 Å². The van der Waals surface area contributed by atoms with Gasteiger partial charge in [-0.05, 0) is 43.4 Å². The molecule has 0 bridgehead atoms. The minimum absolute atomic E-state index is 0.296. The van der Waals surface area contributed by atoms with Crippen molar-refractivity contribution in [2.75, 3.05) is 45.9 Å². The molecule has 2 aliphatic rings. The molecule has 2 fully saturated rings. The zero-order valence-electron chi connectivity index (χ0n) is 14.1. The molecule has 0 unspecified atom stereocenters. The molecule has 7 heteroatoms. The predicted molar refractivity (Wildman–Crippen MR) is 94.9 cm³/mol. The third-order valence-corrected chi connectivity index (χ3v) is 7.28. The van der Waals surface area contributed by atoms with E-state index in [9.17, 15) is 8.42 Å². The Balaban J connectivity index is 1.59. The first-order valence-corrected chi connectivity index (χ1v) is 10.3. The van der Waals surface area contributed by atoms with Crippen molar-refractivity contribution in [1.29, 1.82) is 0 Å². The van der Waals surface area contributed by atoms with Crippen LogP contribution >= 0.6 is 11.6 Å². The second-order valence-corrected chi connectivity index (χ2v) is 9.02. The van der Waals surface area contributed by atoms with E-state index in [2.05, 4.69) is 4.90 Å². The van der Waals surface area contributed by atoms with Gasteiger partial charge >= 0.3 is 0 Å². The first-order chi connectivity index (χ1) is 11.5. The largest absolute Gasteiger partial charge is 0.379 e. The molecule has 0 amide bonds. The highest BCUT2D eigenvalue weighted by Crippen LogP contribution is 2.27. The first-order valence-electron chi connectivity index (χ1n) is 8.53. The van der Waals surface area contributed by atoms with Crippen LogP contribution in [0.3, 0.4) is 0 Å². The van der Waals surface area contributed by atoms with Crippen molar-refractivity contribution in [1.82, 2.24) is 9.21 Å². The Morgan fingerprint density at radius 2 is 1.83 bits per heavy atom. The molecule has 0 aliphatic carbocycles. The lowest BCUT2D eigenvalue weighted by Gasteiger charge is -2.35. The number of rotatable bonds is 4. The van der Waals surface area contributed by atoms with Crippen LogP contribution in [-0.2, 0) is 14.8 Å². The number of hydrogen-bond acceptors (Lipinski definition) is 4. The second-order valence-electron chi connectivity index (χ2n) is 6.67. The summed E-state index contributed by atoms with van der Waals surface area (Å²) in [5, 5.41) is 0.498. The van der Waals surface area contributed by atoms with Crippen molar-refractivity contribution in [3.05, 3.63) is 28.8 Å². The summed E-state index contributed by atoms with van der Waals surface area (Å²) in [6, 6.07) is 4.98. The van der Waals surface area contributed by atoms with E-state index in [0.717, 1.165) is 51.3 Å². The molecule has 134 valence electrons. The highest BCUT2D eigenvalue weighted by molar-refractivity contribution is 7.89.